The normalized spacial score (nSPS) is 11.2. The van der Waals surface area contributed by atoms with Gasteiger partial charge in [0, 0.05) is 25.3 Å². The number of aromatic nitrogens is 1. The Morgan fingerprint density at radius 2 is 1.95 bits per heavy atom. The summed E-state index contributed by atoms with van der Waals surface area (Å²) in [6.45, 7) is 9.07. The van der Waals surface area contributed by atoms with Crippen molar-refractivity contribution >= 4 is 11.7 Å². The zero-order chi connectivity index (χ0) is 15.3. The summed E-state index contributed by atoms with van der Waals surface area (Å²) in [6, 6.07) is 3.79. The van der Waals surface area contributed by atoms with Crippen molar-refractivity contribution in [3.8, 4) is 0 Å². The van der Waals surface area contributed by atoms with E-state index in [2.05, 4.69) is 42.7 Å². The second-order valence-electron chi connectivity index (χ2n) is 5.88. The number of amidine groups is 1. The molecule has 0 saturated heterocycles. The molecule has 1 aromatic rings. The molecular formula is C15H27N5. The lowest BCUT2D eigenvalue weighted by Crippen LogP contribution is -2.36. The van der Waals surface area contributed by atoms with Crippen LogP contribution in [-0.2, 0) is 0 Å². The molecule has 0 bridgehead atoms. The molecule has 3 N–H and O–H groups in total. The van der Waals surface area contributed by atoms with Crippen LogP contribution in [0.15, 0.2) is 12.1 Å². The number of rotatable bonds is 7. The van der Waals surface area contributed by atoms with E-state index >= 15 is 0 Å². The Bertz CT molecular complexity index is 454. The third kappa shape index (κ3) is 4.81. The Hall–Kier alpha value is -1.62. The Morgan fingerprint density at radius 1 is 1.30 bits per heavy atom. The van der Waals surface area contributed by atoms with Crippen molar-refractivity contribution in [2.45, 2.75) is 20.8 Å². The monoisotopic (exact) mass is 277 g/mol. The van der Waals surface area contributed by atoms with E-state index in [1.165, 1.54) is 0 Å². The smallest absolute Gasteiger partial charge is 0.139 e. The van der Waals surface area contributed by atoms with E-state index in [4.69, 9.17) is 11.1 Å². The van der Waals surface area contributed by atoms with Gasteiger partial charge in [-0.15, -0.1) is 0 Å². The molecule has 5 heteroatoms. The van der Waals surface area contributed by atoms with E-state index in [0.29, 0.717) is 5.92 Å². The van der Waals surface area contributed by atoms with Gasteiger partial charge in [0.2, 0.25) is 0 Å². The minimum absolute atomic E-state index is 0.0751. The summed E-state index contributed by atoms with van der Waals surface area (Å²) in [4.78, 5) is 8.99. The Kier molecular flexibility index (Phi) is 5.95. The first-order chi connectivity index (χ1) is 9.31. The van der Waals surface area contributed by atoms with E-state index in [-0.39, 0.29) is 5.84 Å². The summed E-state index contributed by atoms with van der Waals surface area (Å²) in [5, 5.41) is 7.74. The average molecular weight is 277 g/mol. The first kappa shape index (κ1) is 16.4. The fourth-order valence-electron chi connectivity index (χ4n) is 2.04. The second-order valence-corrected chi connectivity index (χ2v) is 5.88. The van der Waals surface area contributed by atoms with Crippen LogP contribution in [0.2, 0.25) is 0 Å². The number of aryl methyl sites for hydroxylation is 1. The standard InChI is InChI=1S/C15H27N5/c1-11(2)10-20(9-8-19(4)5)15-13(14(16)17)7-6-12(3)18-15/h6-7,11H,8-10H2,1-5H3,(H3,16,17). The number of likely N-dealkylation sites (N-methyl/N-ethyl adjacent to an activating group) is 1. The van der Waals surface area contributed by atoms with Gasteiger partial charge in [-0.1, -0.05) is 13.8 Å². The van der Waals surface area contributed by atoms with Crippen molar-refractivity contribution in [2.75, 3.05) is 38.6 Å². The summed E-state index contributed by atoms with van der Waals surface area (Å²) < 4.78 is 0. The predicted molar refractivity (Wildman–Crippen MR) is 85.6 cm³/mol. The summed E-state index contributed by atoms with van der Waals surface area (Å²) in [5.74, 6) is 1.43. The number of anilines is 1. The van der Waals surface area contributed by atoms with Gasteiger partial charge in [0.25, 0.3) is 0 Å². The van der Waals surface area contributed by atoms with Gasteiger partial charge >= 0.3 is 0 Å². The number of hydrogen-bond donors (Lipinski definition) is 2. The van der Waals surface area contributed by atoms with Gasteiger partial charge in [-0.3, -0.25) is 5.41 Å². The molecule has 0 radical (unpaired) electrons. The lowest BCUT2D eigenvalue weighted by atomic mass is 10.1. The van der Waals surface area contributed by atoms with Gasteiger partial charge < -0.3 is 15.5 Å². The fourth-order valence-corrected chi connectivity index (χ4v) is 2.04. The molecule has 0 aliphatic carbocycles. The van der Waals surface area contributed by atoms with E-state index in [9.17, 15) is 0 Å². The van der Waals surface area contributed by atoms with Crippen LogP contribution in [0.1, 0.15) is 25.1 Å². The predicted octanol–water partition coefficient (Wildman–Crippen LogP) is 1.70. The number of nitrogens with zero attached hydrogens (tertiary/aromatic N) is 3. The molecule has 0 aromatic carbocycles. The topological polar surface area (TPSA) is 69.2 Å². The van der Waals surface area contributed by atoms with Crippen LogP contribution >= 0.6 is 0 Å². The second kappa shape index (κ2) is 7.24. The zero-order valence-corrected chi connectivity index (χ0v) is 13.3. The average Bonchev–Trinajstić information content (AvgIpc) is 2.33. The first-order valence-corrected chi connectivity index (χ1v) is 7.03. The molecule has 0 fully saturated rings. The van der Waals surface area contributed by atoms with Gasteiger partial charge in [-0.25, -0.2) is 4.98 Å². The quantitative estimate of drug-likeness (QED) is 0.588. The number of pyridine rings is 1. The van der Waals surface area contributed by atoms with Crippen LogP contribution in [0.3, 0.4) is 0 Å². The molecule has 0 amide bonds. The molecule has 5 nitrogen and oxygen atoms in total. The summed E-state index contributed by atoms with van der Waals surface area (Å²) >= 11 is 0. The van der Waals surface area contributed by atoms with E-state index in [0.717, 1.165) is 36.7 Å². The molecule has 0 unspecified atom stereocenters. The SMILES string of the molecule is Cc1ccc(C(=N)N)c(N(CCN(C)C)CC(C)C)n1. The molecule has 0 aliphatic rings. The van der Waals surface area contributed by atoms with Crippen LogP contribution in [-0.4, -0.2) is 49.4 Å². The van der Waals surface area contributed by atoms with Crippen molar-refractivity contribution in [2.24, 2.45) is 11.7 Å². The van der Waals surface area contributed by atoms with Crippen LogP contribution in [0.25, 0.3) is 0 Å². The third-order valence-corrected chi connectivity index (χ3v) is 3.01. The molecule has 0 saturated carbocycles. The van der Waals surface area contributed by atoms with E-state index < -0.39 is 0 Å². The first-order valence-electron chi connectivity index (χ1n) is 7.03. The van der Waals surface area contributed by atoms with E-state index in [1.54, 1.807) is 0 Å². The maximum atomic E-state index is 7.74. The van der Waals surface area contributed by atoms with Crippen molar-refractivity contribution in [1.29, 1.82) is 5.41 Å². The van der Waals surface area contributed by atoms with Crippen LogP contribution in [0.5, 0.6) is 0 Å². The Balaban J connectivity index is 3.10. The molecule has 0 aliphatic heterocycles. The maximum Gasteiger partial charge on any atom is 0.139 e. The molecule has 1 rings (SSSR count). The van der Waals surface area contributed by atoms with Crippen LogP contribution in [0, 0.1) is 18.3 Å². The summed E-state index contributed by atoms with van der Waals surface area (Å²) in [7, 11) is 4.12. The van der Waals surface area contributed by atoms with E-state index in [1.807, 2.05) is 19.1 Å². The highest BCUT2D eigenvalue weighted by molar-refractivity contribution is 5.99. The van der Waals surface area contributed by atoms with Crippen LogP contribution in [0.4, 0.5) is 5.82 Å². The van der Waals surface area contributed by atoms with Crippen molar-refractivity contribution in [1.82, 2.24) is 9.88 Å². The lowest BCUT2D eigenvalue weighted by Gasteiger charge is -2.29. The van der Waals surface area contributed by atoms with Gasteiger partial charge in [0.15, 0.2) is 0 Å². The Morgan fingerprint density at radius 3 is 2.45 bits per heavy atom. The van der Waals surface area contributed by atoms with Gasteiger partial charge in [-0.05, 0) is 39.1 Å². The number of nitrogen functional groups attached to an aromatic ring is 1. The van der Waals surface area contributed by atoms with Crippen LogP contribution < -0.4 is 10.6 Å². The third-order valence-electron chi connectivity index (χ3n) is 3.01. The van der Waals surface area contributed by atoms with Gasteiger partial charge in [-0.2, -0.15) is 0 Å². The Labute approximate surface area is 122 Å². The number of hydrogen-bond acceptors (Lipinski definition) is 4. The van der Waals surface area contributed by atoms with Crippen molar-refractivity contribution in [3.63, 3.8) is 0 Å². The van der Waals surface area contributed by atoms with Crippen molar-refractivity contribution < 1.29 is 0 Å². The number of nitrogens with one attached hydrogen (secondary N) is 1. The lowest BCUT2D eigenvalue weighted by molar-refractivity contribution is 0.408. The number of nitrogens with two attached hydrogens (primary N) is 1. The fraction of sp³-hybridized carbons (Fsp3) is 0.600. The maximum absolute atomic E-state index is 7.74. The molecule has 0 atom stereocenters. The largest absolute Gasteiger partial charge is 0.384 e. The highest BCUT2D eigenvalue weighted by atomic mass is 15.2. The van der Waals surface area contributed by atoms with Crippen molar-refractivity contribution in [3.05, 3.63) is 23.4 Å². The molecule has 1 heterocycles. The summed E-state index contributed by atoms with van der Waals surface area (Å²) in [6.07, 6.45) is 0. The summed E-state index contributed by atoms with van der Waals surface area (Å²) in [5.41, 5.74) is 7.36. The van der Waals surface area contributed by atoms with Gasteiger partial charge in [0.05, 0.1) is 5.56 Å². The zero-order valence-electron chi connectivity index (χ0n) is 13.3. The minimum atomic E-state index is 0.0751. The highest BCUT2D eigenvalue weighted by Gasteiger charge is 2.16. The molecule has 20 heavy (non-hydrogen) atoms. The molecular weight excluding hydrogens is 250 g/mol. The van der Waals surface area contributed by atoms with Gasteiger partial charge in [0.1, 0.15) is 11.7 Å². The molecule has 1 aromatic heterocycles. The molecule has 112 valence electrons. The highest BCUT2D eigenvalue weighted by Crippen LogP contribution is 2.19. The minimum Gasteiger partial charge on any atom is -0.384 e. The molecule has 0 spiro atoms.